The van der Waals surface area contributed by atoms with Crippen molar-refractivity contribution >= 4 is 12.2 Å². The molecule has 6 nitrogen and oxygen atoms in total. The number of hydrogen-bond donors (Lipinski definition) is 0. The molecule has 1 fully saturated rings. The molecule has 0 radical (unpaired) electrons. The maximum Gasteiger partial charge on any atom is 0.153 e. The van der Waals surface area contributed by atoms with E-state index in [1.54, 1.807) is 6.26 Å². The van der Waals surface area contributed by atoms with Gasteiger partial charge in [0.15, 0.2) is 5.82 Å². The van der Waals surface area contributed by atoms with E-state index in [4.69, 9.17) is 9.41 Å². The zero-order chi connectivity index (χ0) is 23.3. The summed E-state index contributed by atoms with van der Waals surface area (Å²) in [5, 5.41) is 10.4. The first-order chi connectivity index (χ1) is 16.7. The highest BCUT2D eigenvalue weighted by Crippen LogP contribution is 2.43. The molecule has 1 aliphatic rings. The van der Waals surface area contributed by atoms with Crippen LogP contribution in [0.2, 0.25) is 0 Å². The first-order valence-electron chi connectivity index (χ1n) is 11.5. The van der Waals surface area contributed by atoms with Gasteiger partial charge in [-0.2, -0.15) is 5.26 Å². The van der Waals surface area contributed by atoms with Gasteiger partial charge in [-0.05, 0) is 30.3 Å². The fourth-order valence-corrected chi connectivity index (χ4v) is 4.41. The highest BCUT2D eigenvalue weighted by atomic mass is 16.3. The van der Waals surface area contributed by atoms with Gasteiger partial charge in [0.2, 0.25) is 0 Å². The van der Waals surface area contributed by atoms with E-state index in [-0.39, 0.29) is 0 Å². The molecule has 0 spiro atoms. The van der Waals surface area contributed by atoms with Crippen molar-refractivity contribution in [2.45, 2.75) is 6.54 Å². The van der Waals surface area contributed by atoms with Crippen molar-refractivity contribution in [2.24, 2.45) is 4.99 Å². The normalized spacial score (nSPS) is 14.5. The Balaban J connectivity index is 1.72. The summed E-state index contributed by atoms with van der Waals surface area (Å²) in [5.41, 5.74) is 4.45. The minimum Gasteiger partial charge on any atom is -0.467 e. The third-order valence-electron chi connectivity index (χ3n) is 6.23. The number of nitriles is 1. The van der Waals surface area contributed by atoms with Gasteiger partial charge in [0.25, 0.3) is 0 Å². The van der Waals surface area contributed by atoms with Gasteiger partial charge in [-0.15, -0.1) is 0 Å². The molecule has 2 aromatic heterocycles. The topological polar surface area (TPSA) is 60.7 Å². The summed E-state index contributed by atoms with van der Waals surface area (Å²) in [6, 6.07) is 26.6. The molecule has 0 N–H and O–H groups in total. The highest BCUT2D eigenvalue weighted by molar-refractivity contribution is 5.91. The molecular weight excluding hydrogens is 422 g/mol. The lowest BCUT2D eigenvalue weighted by molar-refractivity contribution is 0.219. The molecule has 2 aromatic carbocycles. The summed E-state index contributed by atoms with van der Waals surface area (Å²) in [4.78, 5) is 9.45. The van der Waals surface area contributed by atoms with Gasteiger partial charge in [-0.3, -0.25) is 0 Å². The van der Waals surface area contributed by atoms with Crippen molar-refractivity contribution in [3.05, 3.63) is 90.4 Å². The number of furan rings is 1. The molecule has 1 saturated heterocycles. The lowest BCUT2D eigenvalue weighted by Crippen LogP contribution is -2.43. The first kappa shape index (κ1) is 21.7. The predicted molar refractivity (Wildman–Crippen MR) is 135 cm³/mol. The van der Waals surface area contributed by atoms with Crippen LogP contribution >= 0.6 is 0 Å². The van der Waals surface area contributed by atoms with Gasteiger partial charge in [-0.1, -0.05) is 60.7 Å². The maximum absolute atomic E-state index is 10.4. The maximum atomic E-state index is 10.4. The molecule has 5 rings (SSSR count). The van der Waals surface area contributed by atoms with Crippen molar-refractivity contribution in [1.29, 1.82) is 5.26 Å². The number of hydrogen-bond acceptors (Lipinski definition) is 4. The van der Waals surface area contributed by atoms with Crippen molar-refractivity contribution in [3.63, 3.8) is 0 Å². The third kappa shape index (κ3) is 4.39. The number of benzene rings is 2. The summed E-state index contributed by atoms with van der Waals surface area (Å²) in [6.45, 7) is 4.30. The van der Waals surface area contributed by atoms with E-state index in [0.717, 1.165) is 54.3 Å². The second kappa shape index (κ2) is 9.82. The van der Waals surface area contributed by atoms with E-state index < -0.39 is 0 Å². The van der Waals surface area contributed by atoms with Crippen molar-refractivity contribution in [2.75, 3.05) is 33.2 Å². The summed E-state index contributed by atoms with van der Waals surface area (Å²) in [7, 11) is 2.13. The summed E-state index contributed by atoms with van der Waals surface area (Å²) >= 11 is 0. The SMILES string of the molecule is CN1CCN(C=Nc2c(C#N)c(-c3ccccc3)c(-c3ccccc3)n2Cc2ccco2)CC1. The molecule has 34 heavy (non-hydrogen) atoms. The second-order valence-corrected chi connectivity index (χ2v) is 8.52. The molecule has 4 aromatic rings. The fraction of sp³-hybridized carbons (Fsp3) is 0.214. The zero-order valence-electron chi connectivity index (χ0n) is 19.3. The minimum atomic E-state index is 0.480. The van der Waals surface area contributed by atoms with Crippen LogP contribution in [0.3, 0.4) is 0 Å². The monoisotopic (exact) mass is 449 g/mol. The number of rotatable bonds is 6. The van der Waals surface area contributed by atoms with E-state index in [1.165, 1.54) is 0 Å². The third-order valence-corrected chi connectivity index (χ3v) is 6.23. The second-order valence-electron chi connectivity index (χ2n) is 8.52. The lowest BCUT2D eigenvalue weighted by Gasteiger charge is -2.30. The zero-order valence-corrected chi connectivity index (χ0v) is 19.3. The Morgan fingerprint density at radius 3 is 2.21 bits per heavy atom. The fourth-order valence-electron chi connectivity index (χ4n) is 4.41. The van der Waals surface area contributed by atoms with Crippen LogP contribution in [0.5, 0.6) is 0 Å². The van der Waals surface area contributed by atoms with Crippen molar-refractivity contribution < 1.29 is 4.42 Å². The Kier molecular flexibility index (Phi) is 6.28. The molecule has 0 unspecified atom stereocenters. The van der Waals surface area contributed by atoms with Crippen molar-refractivity contribution in [1.82, 2.24) is 14.4 Å². The predicted octanol–water partition coefficient (Wildman–Crippen LogP) is 5.24. The Bertz CT molecular complexity index is 1290. The van der Waals surface area contributed by atoms with E-state index in [1.807, 2.05) is 67.0 Å². The van der Waals surface area contributed by atoms with Gasteiger partial charge in [0, 0.05) is 31.7 Å². The Hall–Kier alpha value is -4.08. The average Bonchev–Trinajstić information content (AvgIpc) is 3.51. The molecule has 170 valence electrons. The van der Waals surface area contributed by atoms with Gasteiger partial charge in [0.1, 0.15) is 17.4 Å². The molecular formula is C28H27N5O. The van der Waals surface area contributed by atoms with Crippen LogP contribution in [0.25, 0.3) is 22.4 Å². The quantitative estimate of drug-likeness (QED) is 0.298. The largest absolute Gasteiger partial charge is 0.467 e. The summed E-state index contributed by atoms with van der Waals surface area (Å²) in [5.74, 6) is 1.46. The first-order valence-corrected chi connectivity index (χ1v) is 11.5. The Morgan fingerprint density at radius 2 is 1.59 bits per heavy atom. The molecule has 0 bridgehead atoms. The van der Waals surface area contributed by atoms with E-state index in [0.29, 0.717) is 17.9 Å². The molecule has 1 aliphatic heterocycles. The van der Waals surface area contributed by atoms with Gasteiger partial charge < -0.3 is 18.8 Å². The Labute approximate surface area is 200 Å². The number of piperazine rings is 1. The highest BCUT2D eigenvalue weighted by Gasteiger charge is 2.25. The number of aliphatic imine (C=N–C) groups is 1. The minimum absolute atomic E-state index is 0.480. The Morgan fingerprint density at radius 1 is 0.912 bits per heavy atom. The molecule has 0 atom stereocenters. The number of aromatic nitrogens is 1. The summed E-state index contributed by atoms with van der Waals surface area (Å²) in [6.07, 6.45) is 3.57. The van der Waals surface area contributed by atoms with Crippen LogP contribution in [0, 0.1) is 11.3 Å². The number of likely N-dealkylation sites (N-methyl/N-ethyl adjacent to an activating group) is 1. The van der Waals surface area contributed by atoms with Crippen LogP contribution in [-0.4, -0.2) is 53.9 Å². The molecule has 0 aliphatic carbocycles. The van der Waals surface area contributed by atoms with Crippen LogP contribution in [0.1, 0.15) is 11.3 Å². The van der Waals surface area contributed by atoms with Crippen LogP contribution in [0.4, 0.5) is 5.82 Å². The molecule has 6 heteroatoms. The van der Waals surface area contributed by atoms with Crippen molar-refractivity contribution in [3.8, 4) is 28.5 Å². The van der Waals surface area contributed by atoms with E-state index in [2.05, 4.69) is 39.6 Å². The van der Waals surface area contributed by atoms with E-state index >= 15 is 0 Å². The molecule has 0 saturated carbocycles. The standard InChI is InChI=1S/C28H27N5O/c1-31-14-16-32(17-15-31)21-30-28-25(19-29)26(22-9-4-2-5-10-22)27(23-11-6-3-7-12-23)33(28)20-24-13-8-18-34-24/h2-13,18,21H,14-17,20H2,1H3. The summed E-state index contributed by atoms with van der Waals surface area (Å²) < 4.78 is 7.82. The van der Waals surface area contributed by atoms with E-state index in [9.17, 15) is 5.26 Å². The molecule has 3 heterocycles. The smallest absolute Gasteiger partial charge is 0.153 e. The number of nitrogens with zero attached hydrogens (tertiary/aromatic N) is 5. The van der Waals surface area contributed by atoms with Gasteiger partial charge >= 0.3 is 0 Å². The lowest BCUT2D eigenvalue weighted by atomic mass is 9.98. The van der Waals surface area contributed by atoms with Crippen LogP contribution in [0.15, 0.2) is 88.5 Å². The van der Waals surface area contributed by atoms with Gasteiger partial charge in [-0.25, -0.2) is 4.99 Å². The molecule has 0 amide bonds. The average molecular weight is 450 g/mol. The van der Waals surface area contributed by atoms with Crippen LogP contribution in [-0.2, 0) is 6.54 Å². The van der Waals surface area contributed by atoms with Crippen LogP contribution < -0.4 is 0 Å². The van der Waals surface area contributed by atoms with Gasteiger partial charge in [0.05, 0.1) is 24.8 Å².